The Morgan fingerprint density at radius 3 is 3.05 bits per heavy atom. The van der Waals surface area contributed by atoms with Crippen LogP contribution in [0, 0.1) is 0 Å². The van der Waals surface area contributed by atoms with Gasteiger partial charge in [-0.2, -0.15) is 0 Å². The Bertz CT molecular complexity index is 447. The van der Waals surface area contributed by atoms with E-state index in [1.54, 1.807) is 31.4 Å². The molecule has 0 saturated carbocycles. The van der Waals surface area contributed by atoms with Gasteiger partial charge in [-0.3, -0.25) is 4.79 Å². The van der Waals surface area contributed by atoms with E-state index in [0.29, 0.717) is 36.3 Å². The summed E-state index contributed by atoms with van der Waals surface area (Å²) in [4.78, 5) is 14.4. The Balaban J connectivity index is 2.05. The molecule has 4 nitrogen and oxygen atoms in total. The van der Waals surface area contributed by atoms with Gasteiger partial charge in [0.05, 0.1) is 6.61 Å². The molecule has 1 fully saturated rings. The van der Waals surface area contributed by atoms with Crippen molar-refractivity contribution < 1.29 is 9.53 Å². The second-order valence-electron chi connectivity index (χ2n) is 5.05. The van der Waals surface area contributed by atoms with E-state index in [0.717, 1.165) is 13.0 Å². The first-order valence-corrected chi connectivity index (χ1v) is 7.35. The highest BCUT2D eigenvalue weighted by Crippen LogP contribution is 2.14. The molecule has 2 rings (SSSR count). The van der Waals surface area contributed by atoms with Crippen molar-refractivity contribution in [2.75, 3.05) is 33.4 Å². The van der Waals surface area contributed by atoms with Crippen molar-refractivity contribution in [2.24, 2.45) is 0 Å². The van der Waals surface area contributed by atoms with E-state index in [4.69, 9.17) is 16.3 Å². The molecule has 0 spiro atoms. The standard InChI is InChI=1S/C15H21ClN2O2/c1-20-9-8-18(11-14-6-3-7-17-14)15(19)12-4-2-5-13(16)10-12/h2,4-5,10,14,17H,3,6-9,11H2,1H3. The van der Waals surface area contributed by atoms with Crippen LogP contribution in [0.15, 0.2) is 24.3 Å². The second kappa shape index (κ2) is 7.62. The van der Waals surface area contributed by atoms with Gasteiger partial charge in [0.1, 0.15) is 0 Å². The van der Waals surface area contributed by atoms with Crippen LogP contribution >= 0.6 is 11.6 Å². The van der Waals surface area contributed by atoms with Gasteiger partial charge in [-0.05, 0) is 37.6 Å². The van der Waals surface area contributed by atoms with Gasteiger partial charge in [0.25, 0.3) is 5.91 Å². The number of ether oxygens (including phenoxy) is 1. The quantitative estimate of drug-likeness (QED) is 0.875. The maximum absolute atomic E-state index is 12.6. The van der Waals surface area contributed by atoms with Crippen LogP contribution in [0.25, 0.3) is 0 Å². The lowest BCUT2D eigenvalue weighted by Gasteiger charge is -2.26. The fraction of sp³-hybridized carbons (Fsp3) is 0.533. The summed E-state index contributed by atoms with van der Waals surface area (Å²) in [6.45, 7) is 2.89. The van der Waals surface area contributed by atoms with E-state index in [2.05, 4.69) is 5.32 Å². The molecule has 1 N–H and O–H groups in total. The number of nitrogens with one attached hydrogen (secondary N) is 1. The molecule has 1 saturated heterocycles. The van der Waals surface area contributed by atoms with Crippen LogP contribution < -0.4 is 5.32 Å². The zero-order chi connectivity index (χ0) is 14.4. The summed E-state index contributed by atoms with van der Waals surface area (Å²) in [6, 6.07) is 7.48. The Labute approximate surface area is 125 Å². The average Bonchev–Trinajstić information content (AvgIpc) is 2.95. The molecule has 0 bridgehead atoms. The Morgan fingerprint density at radius 1 is 1.55 bits per heavy atom. The zero-order valence-electron chi connectivity index (χ0n) is 11.8. The van der Waals surface area contributed by atoms with Crippen molar-refractivity contribution in [1.82, 2.24) is 10.2 Å². The lowest BCUT2D eigenvalue weighted by atomic mass is 10.1. The molecule has 0 aromatic heterocycles. The third kappa shape index (κ3) is 4.20. The summed E-state index contributed by atoms with van der Waals surface area (Å²) < 4.78 is 5.11. The Kier molecular flexibility index (Phi) is 5.83. The molecule has 5 heteroatoms. The highest BCUT2D eigenvalue weighted by molar-refractivity contribution is 6.30. The molecule has 0 aliphatic carbocycles. The number of nitrogens with zero attached hydrogens (tertiary/aromatic N) is 1. The molecule has 1 aliphatic heterocycles. The number of hydrogen-bond donors (Lipinski definition) is 1. The van der Waals surface area contributed by atoms with Gasteiger partial charge >= 0.3 is 0 Å². The maximum Gasteiger partial charge on any atom is 0.254 e. The number of carbonyl (C=O) groups is 1. The lowest BCUT2D eigenvalue weighted by Crippen LogP contribution is -2.42. The van der Waals surface area contributed by atoms with Crippen LogP contribution in [0.5, 0.6) is 0 Å². The minimum atomic E-state index is 0.0123. The van der Waals surface area contributed by atoms with Crippen molar-refractivity contribution in [3.8, 4) is 0 Å². The first-order chi connectivity index (χ1) is 9.70. The monoisotopic (exact) mass is 296 g/mol. The first-order valence-electron chi connectivity index (χ1n) is 6.98. The predicted molar refractivity (Wildman–Crippen MR) is 80.3 cm³/mol. The lowest BCUT2D eigenvalue weighted by molar-refractivity contribution is 0.0679. The van der Waals surface area contributed by atoms with Gasteiger partial charge in [-0.15, -0.1) is 0 Å². The van der Waals surface area contributed by atoms with Crippen LogP contribution in [0.4, 0.5) is 0 Å². The van der Waals surface area contributed by atoms with Gasteiger partial charge in [0, 0.05) is 36.8 Å². The van der Waals surface area contributed by atoms with Crippen molar-refractivity contribution in [3.05, 3.63) is 34.9 Å². The van der Waals surface area contributed by atoms with Gasteiger partial charge in [-0.1, -0.05) is 17.7 Å². The number of amides is 1. The fourth-order valence-electron chi connectivity index (χ4n) is 2.46. The predicted octanol–water partition coefficient (Wildman–Crippen LogP) is 2.18. The Hall–Kier alpha value is -1.10. The van der Waals surface area contributed by atoms with Crippen molar-refractivity contribution in [2.45, 2.75) is 18.9 Å². The molecular formula is C15H21ClN2O2. The fourth-order valence-corrected chi connectivity index (χ4v) is 2.65. The molecule has 1 unspecified atom stereocenters. The van der Waals surface area contributed by atoms with E-state index >= 15 is 0 Å². The number of hydrogen-bond acceptors (Lipinski definition) is 3. The van der Waals surface area contributed by atoms with Crippen LogP contribution in [0.3, 0.4) is 0 Å². The van der Waals surface area contributed by atoms with E-state index in [1.165, 1.54) is 6.42 Å². The van der Waals surface area contributed by atoms with Gasteiger partial charge in [-0.25, -0.2) is 0 Å². The number of benzene rings is 1. The number of carbonyl (C=O) groups excluding carboxylic acids is 1. The van der Waals surface area contributed by atoms with Gasteiger partial charge < -0.3 is 15.0 Å². The Morgan fingerprint density at radius 2 is 2.40 bits per heavy atom. The molecule has 1 atom stereocenters. The molecule has 1 heterocycles. The van der Waals surface area contributed by atoms with E-state index < -0.39 is 0 Å². The van der Waals surface area contributed by atoms with Crippen molar-refractivity contribution in [1.29, 1.82) is 0 Å². The minimum absolute atomic E-state index is 0.0123. The average molecular weight is 297 g/mol. The smallest absolute Gasteiger partial charge is 0.254 e. The first kappa shape index (κ1) is 15.3. The largest absolute Gasteiger partial charge is 0.383 e. The normalized spacial score (nSPS) is 18.2. The highest BCUT2D eigenvalue weighted by Gasteiger charge is 2.22. The van der Waals surface area contributed by atoms with Gasteiger partial charge in [0.15, 0.2) is 0 Å². The molecule has 1 aliphatic rings. The maximum atomic E-state index is 12.6. The zero-order valence-corrected chi connectivity index (χ0v) is 12.5. The third-order valence-corrected chi connectivity index (χ3v) is 3.76. The summed E-state index contributed by atoms with van der Waals surface area (Å²) in [5.74, 6) is 0.0123. The molecule has 110 valence electrons. The summed E-state index contributed by atoms with van der Waals surface area (Å²) >= 11 is 5.96. The van der Waals surface area contributed by atoms with E-state index in [-0.39, 0.29) is 5.91 Å². The summed E-state index contributed by atoms with van der Waals surface area (Å²) in [7, 11) is 1.65. The SMILES string of the molecule is COCCN(CC1CCCN1)C(=O)c1cccc(Cl)c1. The number of methoxy groups -OCH3 is 1. The minimum Gasteiger partial charge on any atom is -0.383 e. The van der Waals surface area contributed by atoms with Gasteiger partial charge in [0.2, 0.25) is 0 Å². The van der Waals surface area contributed by atoms with E-state index in [9.17, 15) is 4.79 Å². The molecule has 1 amide bonds. The van der Waals surface area contributed by atoms with E-state index in [1.807, 2.05) is 4.90 Å². The van der Waals surface area contributed by atoms with Crippen molar-refractivity contribution in [3.63, 3.8) is 0 Å². The molecule has 0 radical (unpaired) electrons. The summed E-state index contributed by atoms with van der Waals surface area (Å²) in [6.07, 6.45) is 2.29. The molecular weight excluding hydrogens is 276 g/mol. The molecule has 1 aromatic rings. The van der Waals surface area contributed by atoms with Crippen LogP contribution in [0.2, 0.25) is 5.02 Å². The summed E-state index contributed by atoms with van der Waals surface area (Å²) in [5.41, 5.74) is 0.631. The van der Waals surface area contributed by atoms with Crippen LogP contribution in [-0.2, 0) is 4.74 Å². The van der Waals surface area contributed by atoms with Crippen LogP contribution in [-0.4, -0.2) is 50.2 Å². The summed E-state index contributed by atoms with van der Waals surface area (Å²) in [5, 5.41) is 4.01. The number of rotatable bonds is 6. The highest BCUT2D eigenvalue weighted by atomic mass is 35.5. The third-order valence-electron chi connectivity index (χ3n) is 3.53. The van der Waals surface area contributed by atoms with Crippen molar-refractivity contribution >= 4 is 17.5 Å². The number of halogens is 1. The second-order valence-corrected chi connectivity index (χ2v) is 5.48. The van der Waals surface area contributed by atoms with Crippen LogP contribution in [0.1, 0.15) is 23.2 Å². The molecule has 1 aromatic carbocycles. The topological polar surface area (TPSA) is 41.6 Å². The molecule has 20 heavy (non-hydrogen) atoms.